The molecule has 8 nitrogen and oxygen atoms in total. The smallest absolute Gasteiger partial charge is 0.230 e. The molecule has 1 rings (SSSR count). The predicted molar refractivity (Wildman–Crippen MR) is 121 cm³/mol. The van der Waals surface area contributed by atoms with Crippen LogP contribution in [0, 0.1) is 5.41 Å². The van der Waals surface area contributed by atoms with E-state index in [1.807, 2.05) is 6.92 Å². The first kappa shape index (κ1) is 26.4. The van der Waals surface area contributed by atoms with E-state index in [4.69, 9.17) is 0 Å². The molecule has 27 heavy (non-hydrogen) atoms. The summed E-state index contributed by atoms with van der Waals surface area (Å²) in [5, 5.41) is 6.48. The van der Waals surface area contributed by atoms with Crippen LogP contribution in [-0.4, -0.2) is 83.1 Å². The van der Waals surface area contributed by atoms with Crippen LogP contribution in [0.15, 0.2) is 4.99 Å². The summed E-state index contributed by atoms with van der Waals surface area (Å²) >= 11 is 0. The molecule has 1 saturated carbocycles. The lowest BCUT2D eigenvalue weighted by atomic mass is 9.84. The third-order valence-electron chi connectivity index (χ3n) is 4.94. The number of aliphatic imine (C=N–C) groups is 1. The third-order valence-corrected chi connectivity index (χ3v) is 6.32. The Balaban J connectivity index is 0.00000676. The van der Waals surface area contributed by atoms with Gasteiger partial charge in [-0.1, -0.05) is 19.8 Å². The molecule has 10 heteroatoms. The monoisotopic (exact) mass is 517 g/mol. The number of hydrogen-bond donors (Lipinski definition) is 2. The van der Waals surface area contributed by atoms with Gasteiger partial charge in [0.05, 0.1) is 11.7 Å². The molecule has 1 aliphatic carbocycles. The van der Waals surface area contributed by atoms with Crippen molar-refractivity contribution in [3.63, 3.8) is 0 Å². The molecule has 1 fully saturated rings. The summed E-state index contributed by atoms with van der Waals surface area (Å²) in [5.41, 5.74) is -0.351. The van der Waals surface area contributed by atoms with E-state index in [-0.39, 0.29) is 35.3 Å². The van der Waals surface area contributed by atoms with E-state index in [0.717, 1.165) is 25.7 Å². The van der Waals surface area contributed by atoms with Gasteiger partial charge in [0.15, 0.2) is 5.96 Å². The fourth-order valence-corrected chi connectivity index (χ4v) is 4.42. The standard InChI is InChI=1S/C17H35N5O3S.HI/c1-6-22(26(5,24)25)13-9-12-19-16(18-2)20-14-17(10-7-8-11-17)15(23)21(3)4;/h6-14H2,1-5H3,(H2,18,19,20);1H. The molecule has 0 aromatic rings. The number of halogens is 1. The molecule has 1 aliphatic rings. The number of guanidine groups is 1. The zero-order valence-electron chi connectivity index (χ0n) is 17.2. The summed E-state index contributed by atoms with van der Waals surface area (Å²) in [6.45, 7) is 3.95. The molecule has 0 atom stereocenters. The van der Waals surface area contributed by atoms with Gasteiger partial charge in [0, 0.05) is 47.3 Å². The van der Waals surface area contributed by atoms with Crippen LogP contribution in [-0.2, 0) is 14.8 Å². The van der Waals surface area contributed by atoms with Gasteiger partial charge in [-0.25, -0.2) is 12.7 Å². The van der Waals surface area contributed by atoms with Crippen LogP contribution in [0.5, 0.6) is 0 Å². The van der Waals surface area contributed by atoms with Gasteiger partial charge in [-0.15, -0.1) is 24.0 Å². The minimum Gasteiger partial charge on any atom is -0.356 e. The maximum Gasteiger partial charge on any atom is 0.230 e. The molecular weight excluding hydrogens is 481 g/mol. The normalized spacial score (nSPS) is 16.7. The number of sulfonamides is 1. The Morgan fingerprint density at radius 1 is 1.19 bits per heavy atom. The maximum atomic E-state index is 12.6. The quantitative estimate of drug-likeness (QED) is 0.207. The lowest BCUT2D eigenvalue weighted by Gasteiger charge is -2.31. The van der Waals surface area contributed by atoms with E-state index in [1.54, 1.807) is 26.0 Å². The second kappa shape index (κ2) is 12.1. The Kier molecular flexibility index (Phi) is 11.8. The molecule has 2 N–H and O–H groups in total. The molecule has 0 unspecified atom stereocenters. The van der Waals surface area contributed by atoms with Crippen LogP contribution in [0.1, 0.15) is 39.0 Å². The van der Waals surface area contributed by atoms with Crippen LogP contribution in [0.2, 0.25) is 0 Å². The fourth-order valence-electron chi connectivity index (χ4n) is 3.49. The van der Waals surface area contributed by atoms with Crippen molar-refractivity contribution < 1.29 is 13.2 Å². The average molecular weight is 517 g/mol. The van der Waals surface area contributed by atoms with Gasteiger partial charge >= 0.3 is 0 Å². The molecule has 0 spiro atoms. The van der Waals surface area contributed by atoms with Crippen molar-refractivity contribution >= 4 is 45.9 Å². The molecule has 160 valence electrons. The van der Waals surface area contributed by atoms with E-state index in [9.17, 15) is 13.2 Å². The lowest BCUT2D eigenvalue weighted by molar-refractivity contribution is -0.138. The van der Waals surface area contributed by atoms with Crippen LogP contribution < -0.4 is 10.6 Å². The molecule has 0 aliphatic heterocycles. The molecule has 0 radical (unpaired) electrons. The molecule has 1 amide bonds. The van der Waals surface area contributed by atoms with Crippen molar-refractivity contribution in [1.29, 1.82) is 0 Å². The van der Waals surface area contributed by atoms with E-state index >= 15 is 0 Å². The average Bonchev–Trinajstić information content (AvgIpc) is 3.05. The first-order chi connectivity index (χ1) is 12.2. The van der Waals surface area contributed by atoms with E-state index < -0.39 is 10.0 Å². The van der Waals surface area contributed by atoms with Crippen molar-refractivity contribution in [2.45, 2.75) is 39.0 Å². The van der Waals surface area contributed by atoms with Crippen LogP contribution in [0.25, 0.3) is 0 Å². The van der Waals surface area contributed by atoms with Crippen molar-refractivity contribution in [3.05, 3.63) is 0 Å². The SMILES string of the molecule is CCN(CCCNC(=NC)NCC1(C(=O)N(C)C)CCCC1)S(C)(=O)=O.I. The highest BCUT2D eigenvalue weighted by Crippen LogP contribution is 2.38. The first-order valence-electron chi connectivity index (χ1n) is 9.27. The van der Waals surface area contributed by atoms with Crippen molar-refractivity contribution in [2.75, 3.05) is 53.6 Å². The van der Waals surface area contributed by atoms with Crippen LogP contribution >= 0.6 is 24.0 Å². The second-order valence-electron chi connectivity index (χ2n) is 7.15. The molecule has 0 bridgehead atoms. The van der Waals surface area contributed by atoms with Gasteiger partial charge in [-0.3, -0.25) is 9.79 Å². The number of nitrogens with zero attached hydrogens (tertiary/aromatic N) is 3. The van der Waals surface area contributed by atoms with Crippen LogP contribution in [0.3, 0.4) is 0 Å². The zero-order valence-corrected chi connectivity index (χ0v) is 20.4. The molecule has 0 aromatic heterocycles. The number of nitrogens with one attached hydrogen (secondary N) is 2. The topological polar surface area (TPSA) is 94.1 Å². The summed E-state index contributed by atoms with van der Waals surface area (Å²) in [6.07, 6.45) is 5.86. The van der Waals surface area contributed by atoms with Gasteiger partial charge in [0.1, 0.15) is 0 Å². The summed E-state index contributed by atoms with van der Waals surface area (Å²) in [5.74, 6) is 0.815. The van der Waals surface area contributed by atoms with Gasteiger partial charge in [-0.05, 0) is 19.3 Å². The largest absolute Gasteiger partial charge is 0.356 e. The summed E-state index contributed by atoms with van der Waals surface area (Å²) in [4.78, 5) is 18.5. The molecule has 0 saturated heterocycles. The van der Waals surface area contributed by atoms with Crippen LogP contribution in [0.4, 0.5) is 0 Å². The number of hydrogen-bond acceptors (Lipinski definition) is 4. The highest BCUT2D eigenvalue weighted by molar-refractivity contribution is 14.0. The third kappa shape index (κ3) is 8.10. The molecule has 0 aromatic carbocycles. The second-order valence-corrected chi connectivity index (χ2v) is 9.13. The Hall–Kier alpha value is -0.620. The first-order valence-corrected chi connectivity index (χ1v) is 11.1. The highest BCUT2D eigenvalue weighted by atomic mass is 127. The van der Waals surface area contributed by atoms with Gasteiger partial charge in [0.25, 0.3) is 0 Å². The Bertz CT molecular complexity index is 589. The van der Waals surface area contributed by atoms with E-state index in [2.05, 4.69) is 15.6 Å². The number of rotatable bonds is 9. The molecular formula is C17H36IN5O3S. The number of carbonyl (C=O) groups excluding carboxylic acids is 1. The fraction of sp³-hybridized carbons (Fsp3) is 0.882. The van der Waals surface area contributed by atoms with E-state index in [1.165, 1.54) is 10.6 Å². The Labute approximate surface area is 181 Å². The van der Waals surface area contributed by atoms with E-state index in [0.29, 0.717) is 38.6 Å². The number of amides is 1. The summed E-state index contributed by atoms with van der Waals surface area (Å²) in [6, 6.07) is 0. The van der Waals surface area contributed by atoms with Crippen molar-refractivity contribution in [2.24, 2.45) is 10.4 Å². The van der Waals surface area contributed by atoms with Crippen molar-refractivity contribution in [3.8, 4) is 0 Å². The molecule has 0 heterocycles. The number of carbonyl (C=O) groups is 1. The van der Waals surface area contributed by atoms with Gasteiger partial charge < -0.3 is 15.5 Å². The van der Waals surface area contributed by atoms with Gasteiger partial charge in [-0.2, -0.15) is 0 Å². The minimum atomic E-state index is -3.15. The van der Waals surface area contributed by atoms with Crippen molar-refractivity contribution in [1.82, 2.24) is 19.8 Å². The zero-order chi connectivity index (χ0) is 19.8. The lowest BCUT2D eigenvalue weighted by Crippen LogP contribution is -2.49. The summed E-state index contributed by atoms with van der Waals surface area (Å²) in [7, 11) is 2.15. The Morgan fingerprint density at radius 3 is 2.22 bits per heavy atom. The summed E-state index contributed by atoms with van der Waals surface area (Å²) < 4.78 is 24.6. The Morgan fingerprint density at radius 2 is 1.78 bits per heavy atom. The van der Waals surface area contributed by atoms with Gasteiger partial charge in [0.2, 0.25) is 15.9 Å². The highest BCUT2D eigenvalue weighted by Gasteiger charge is 2.42. The minimum absolute atomic E-state index is 0. The maximum absolute atomic E-state index is 12.6. The predicted octanol–water partition coefficient (Wildman–Crippen LogP) is 1.09.